The number of ether oxygens (including phenoxy) is 1. The third-order valence-electron chi connectivity index (χ3n) is 5.78. The summed E-state index contributed by atoms with van der Waals surface area (Å²) >= 11 is 6.07. The van der Waals surface area contributed by atoms with Crippen molar-refractivity contribution in [3.8, 4) is 17.1 Å². The van der Waals surface area contributed by atoms with E-state index in [1.165, 1.54) is 0 Å². The maximum atomic E-state index is 13.2. The van der Waals surface area contributed by atoms with Crippen LogP contribution in [0.25, 0.3) is 17.0 Å². The minimum atomic E-state index is -0.458. The zero-order chi connectivity index (χ0) is 24.4. The van der Waals surface area contributed by atoms with Crippen molar-refractivity contribution in [2.75, 3.05) is 11.5 Å². The molecule has 1 aliphatic heterocycles. The Kier molecular flexibility index (Phi) is 6.25. The van der Waals surface area contributed by atoms with Gasteiger partial charge in [-0.3, -0.25) is 4.90 Å². The third-order valence-corrected chi connectivity index (χ3v) is 6.03. The normalized spacial score (nSPS) is 15.8. The van der Waals surface area contributed by atoms with Crippen LogP contribution in [0.1, 0.15) is 31.3 Å². The molecule has 2 amide bonds. The number of amides is 2. The average Bonchev–Trinajstić information content (AvgIpc) is 3.36. The van der Waals surface area contributed by atoms with Crippen molar-refractivity contribution in [1.29, 1.82) is 0 Å². The smallest absolute Gasteiger partial charge is 0.326 e. The van der Waals surface area contributed by atoms with Gasteiger partial charge < -0.3 is 14.6 Å². The number of carbonyl (C=O) groups excluding carboxylic acids is 1. The molecular formula is C27H23ClN4O3. The Morgan fingerprint density at radius 3 is 2.43 bits per heavy atom. The number of benzene rings is 3. The molecule has 35 heavy (non-hydrogen) atoms. The number of allylic oxidation sites excluding steroid dienone is 1. The van der Waals surface area contributed by atoms with Gasteiger partial charge in [0.05, 0.1) is 23.9 Å². The summed E-state index contributed by atoms with van der Waals surface area (Å²) in [5.74, 6) is 1.56. The van der Waals surface area contributed by atoms with E-state index in [1.807, 2.05) is 68.4 Å². The summed E-state index contributed by atoms with van der Waals surface area (Å²) in [4.78, 5) is 19.5. The maximum Gasteiger partial charge on any atom is 0.326 e. The van der Waals surface area contributed by atoms with Crippen LogP contribution >= 0.6 is 11.6 Å². The molecule has 0 radical (unpaired) electrons. The van der Waals surface area contributed by atoms with Crippen LogP contribution in [0.15, 0.2) is 89.1 Å². The lowest BCUT2D eigenvalue weighted by Crippen LogP contribution is -2.46. The molecule has 0 aliphatic carbocycles. The molecule has 8 heteroatoms. The van der Waals surface area contributed by atoms with E-state index in [4.69, 9.17) is 25.8 Å². The number of halogens is 1. The summed E-state index contributed by atoms with van der Waals surface area (Å²) in [6.07, 6.45) is 0. The van der Waals surface area contributed by atoms with Crippen LogP contribution in [0.3, 0.4) is 0 Å². The molecule has 1 unspecified atom stereocenters. The van der Waals surface area contributed by atoms with Crippen LogP contribution in [0.4, 0.5) is 10.5 Å². The Balaban J connectivity index is 1.59. The molecule has 0 saturated carbocycles. The second-order valence-electron chi connectivity index (χ2n) is 7.98. The summed E-state index contributed by atoms with van der Waals surface area (Å²) in [5, 5.41) is 7.91. The fourth-order valence-electron chi connectivity index (χ4n) is 4.13. The molecule has 176 valence electrons. The van der Waals surface area contributed by atoms with Gasteiger partial charge in [0.1, 0.15) is 5.75 Å². The van der Waals surface area contributed by atoms with Gasteiger partial charge >= 0.3 is 6.03 Å². The number of anilines is 1. The quantitative estimate of drug-likeness (QED) is 0.337. The van der Waals surface area contributed by atoms with Crippen molar-refractivity contribution in [1.82, 2.24) is 15.5 Å². The van der Waals surface area contributed by atoms with Crippen LogP contribution in [0, 0.1) is 0 Å². The molecule has 2 heterocycles. The maximum absolute atomic E-state index is 13.2. The van der Waals surface area contributed by atoms with E-state index >= 15 is 0 Å². The topological polar surface area (TPSA) is 80.5 Å². The van der Waals surface area contributed by atoms with E-state index in [-0.39, 0.29) is 6.03 Å². The zero-order valence-corrected chi connectivity index (χ0v) is 20.0. The lowest BCUT2D eigenvalue weighted by atomic mass is 9.94. The lowest BCUT2D eigenvalue weighted by molar-refractivity contribution is 0.244. The molecule has 1 aliphatic rings. The van der Waals surface area contributed by atoms with E-state index < -0.39 is 6.04 Å². The van der Waals surface area contributed by atoms with Crippen molar-refractivity contribution in [3.05, 3.63) is 101 Å². The third kappa shape index (κ3) is 4.50. The molecule has 1 atom stereocenters. The summed E-state index contributed by atoms with van der Waals surface area (Å²) in [7, 11) is 0. The number of aromatic nitrogens is 2. The average molecular weight is 487 g/mol. The Morgan fingerprint density at radius 1 is 1.03 bits per heavy atom. The molecule has 0 spiro atoms. The number of urea groups is 1. The highest BCUT2D eigenvalue weighted by Gasteiger charge is 2.36. The standard InChI is InChI=1S/C27H23ClN4O3/c1-3-34-22-15-9-19(10-16-22)25-30-26(35-31-25)23-17(2)32(21-13-11-20(28)12-14-21)27(33)29-24(23)18-7-5-4-6-8-18/h4-16,24H,3H2,1-2H3,(H,29,33). The van der Waals surface area contributed by atoms with Crippen molar-refractivity contribution >= 4 is 28.9 Å². The summed E-state index contributed by atoms with van der Waals surface area (Å²) in [6.45, 7) is 4.41. The minimum absolute atomic E-state index is 0.256. The second-order valence-corrected chi connectivity index (χ2v) is 8.42. The van der Waals surface area contributed by atoms with Gasteiger partial charge in [-0.1, -0.05) is 47.1 Å². The van der Waals surface area contributed by atoms with E-state index in [9.17, 15) is 4.79 Å². The number of nitrogens with one attached hydrogen (secondary N) is 1. The summed E-state index contributed by atoms with van der Waals surface area (Å²) < 4.78 is 11.3. The fourth-order valence-corrected chi connectivity index (χ4v) is 4.26. The van der Waals surface area contributed by atoms with E-state index in [0.717, 1.165) is 22.4 Å². The van der Waals surface area contributed by atoms with Gasteiger partial charge in [0.2, 0.25) is 5.82 Å². The minimum Gasteiger partial charge on any atom is -0.494 e. The van der Waals surface area contributed by atoms with Crippen LogP contribution < -0.4 is 15.0 Å². The first-order valence-electron chi connectivity index (χ1n) is 11.2. The van der Waals surface area contributed by atoms with Gasteiger partial charge in [-0.25, -0.2) is 4.79 Å². The molecule has 7 nitrogen and oxygen atoms in total. The summed E-state index contributed by atoms with van der Waals surface area (Å²) in [6, 6.07) is 23.6. The number of hydrogen-bond acceptors (Lipinski definition) is 5. The molecule has 5 rings (SSSR count). The van der Waals surface area contributed by atoms with Crippen LogP contribution in [-0.4, -0.2) is 22.8 Å². The van der Waals surface area contributed by atoms with Gasteiger partial charge in [0, 0.05) is 16.3 Å². The molecule has 1 N–H and O–H groups in total. The van der Waals surface area contributed by atoms with Crippen LogP contribution in [0.2, 0.25) is 5.02 Å². The van der Waals surface area contributed by atoms with Crippen molar-refractivity contribution in [2.45, 2.75) is 19.9 Å². The summed E-state index contributed by atoms with van der Waals surface area (Å²) in [5.41, 5.74) is 3.79. The molecule has 4 aromatic rings. The monoisotopic (exact) mass is 486 g/mol. The van der Waals surface area contributed by atoms with Gasteiger partial charge in [-0.05, 0) is 67.9 Å². The Bertz CT molecular complexity index is 1370. The Morgan fingerprint density at radius 2 is 1.74 bits per heavy atom. The lowest BCUT2D eigenvalue weighted by Gasteiger charge is -2.35. The van der Waals surface area contributed by atoms with E-state index in [1.54, 1.807) is 29.2 Å². The molecule has 0 fully saturated rings. The van der Waals surface area contributed by atoms with Crippen molar-refractivity contribution in [2.24, 2.45) is 0 Å². The molecule has 0 saturated heterocycles. The zero-order valence-electron chi connectivity index (χ0n) is 19.2. The van der Waals surface area contributed by atoms with Crippen molar-refractivity contribution < 1.29 is 14.1 Å². The Labute approximate surface area is 208 Å². The molecular weight excluding hydrogens is 464 g/mol. The second kappa shape index (κ2) is 9.64. The highest BCUT2D eigenvalue weighted by molar-refractivity contribution is 6.30. The number of hydrogen-bond donors (Lipinski definition) is 1. The van der Waals surface area contributed by atoms with Gasteiger partial charge in [0.15, 0.2) is 0 Å². The van der Waals surface area contributed by atoms with Gasteiger partial charge in [-0.2, -0.15) is 4.98 Å². The predicted octanol–water partition coefficient (Wildman–Crippen LogP) is 6.49. The first kappa shape index (κ1) is 22.7. The predicted molar refractivity (Wildman–Crippen MR) is 135 cm³/mol. The number of rotatable bonds is 6. The number of nitrogens with zero attached hydrogens (tertiary/aromatic N) is 3. The number of carbonyl (C=O) groups is 1. The van der Waals surface area contributed by atoms with E-state index in [0.29, 0.717) is 34.7 Å². The van der Waals surface area contributed by atoms with Crippen LogP contribution in [0.5, 0.6) is 5.75 Å². The van der Waals surface area contributed by atoms with Crippen LogP contribution in [-0.2, 0) is 0 Å². The highest BCUT2D eigenvalue weighted by atomic mass is 35.5. The SMILES string of the molecule is CCOc1ccc(-c2noc(C3=C(C)N(c4ccc(Cl)cc4)C(=O)NC3c3ccccc3)n2)cc1. The molecule has 3 aromatic carbocycles. The Hall–Kier alpha value is -4.10. The van der Waals surface area contributed by atoms with E-state index in [2.05, 4.69) is 10.5 Å². The largest absolute Gasteiger partial charge is 0.494 e. The van der Waals surface area contributed by atoms with Gasteiger partial charge in [0.25, 0.3) is 5.89 Å². The first-order valence-corrected chi connectivity index (χ1v) is 11.6. The molecule has 0 bridgehead atoms. The molecule has 1 aromatic heterocycles. The van der Waals surface area contributed by atoms with Crippen molar-refractivity contribution in [3.63, 3.8) is 0 Å². The first-order chi connectivity index (χ1) is 17.0. The fraction of sp³-hybridized carbons (Fsp3) is 0.148. The highest BCUT2D eigenvalue weighted by Crippen LogP contribution is 2.39. The van der Waals surface area contributed by atoms with Gasteiger partial charge in [-0.15, -0.1) is 0 Å².